The van der Waals surface area contributed by atoms with E-state index in [-0.39, 0.29) is 0 Å². The number of nitrogens with zero attached hydrogens (tertiary/aromatic N) is 2. The van der Waals surface area contributed by atoms with Crippen LogP contribution in [0.2, 0.25) is 0 Å². The van der Waals surface area contributed by atoms with Gasteiger partial charge in [0.1, 0.15) is 0 Å². The van der Waals surface area contributed by atoms with Crippen molar-refractivity contribution in [3.8, 4) is 0 Å². The molecule has 0 aliphatic carbocycles. The fraction of sp³-hybridized carbons (Fsp3) is 0.400. The van der Waals surface area contributed by atoms with Crippen LogP contribution in [0.3, 0.4) is 0 Å². The van der Waals surface area contributed by atoms with Crippen molar-refractivity contribution in [3.63, 3.8) is 0 Å². The molecule has 0 atom stereocenters. The number of hydrogen-bond donors (Lipinski definition) is 2. The fourth-order valence-corrected chi connectivity index (χ4v) is 0.573. The smallest absolute Gasteiger partial charge is 0.410 e. The highest BCUT2D eigenvalue weighted by Crippen LogP contribution is 2.23. The van der Waals surface area contributed by atoms with Crippen molar-refractivity contribution in [3.05, 3.63) is 0 Å². The van der Waals surface area contributed by atoms with E-state index in [4.69, 9.17) is 10.4 Å². The monoisotopic (exact) mass is 252 g/mol. The molecule has 2 N–H and O–H groups in total. The van der Waals surface area contributed by atoms with E-state index in [0.29, 0.717) is 0 Å². The first-order chi connectivity index (χ1) is 7.05. The van der Waals surface area contributed by atoms with Gasteiger partial charge in [-0.2, -0.15) is 26.3 Å². The molecule has 92 valence electrons. The maximum atomic E-state index is 11.9. The van der Waals surface area contributed by atoms with Crippen molar-refractivity contribution in [2.75, 3.05) is 0 Å². The molecule has 5 nitrogen and oxygen atoms in total. The van der Waals surface area contributed by atoms with E-state index in [9.17, 15) is 31.1 Å². The summed E-state index contributed by atoms with van der Waals surface area (Å²) in [6.45, 7) is 0. The highest BCUT2D eigenvalue weighted by atomic mass is 19.4. The van der Waals surface area contributed by atoms with Gasteiger partial charge in [0.2, 0.25) is 5.71 Å². The maximum Gasteiger partial charge on any atom is 0.456 e. The van der Waals surface area contributed by atoms with E-state index in [0.717, 1.165) is 0 Å². The molecule has 0 rings (SSSR count). The molecule has 0 spiro atoms. The first-order valence-corrected chi connectivity index (χ1v) is 3.19. The van der Waals surface area contributed by atoms with Crippen LogP contribution in [0.5, 0.6) is 0 Å². The molecule has 0 saturated carbocycles. The SMILES string of the molecule is O=C(C(=NO)C(=NO)C(F)(F)F)C(F)(F)F. The lowest BCUT2D eigenvalue weighted by atomic mass is 10.1. The molecule has 0 unspecified atom stereocenters. The van der Waals surface area contributed by atoms with Crippen LogP contribution in [0.15, 0.2) is 10.3 Å². The number of halogens is 6. The molecule has 0 amide bonds. The predicted molar refractivity (Wildman–Crippen MR) is 35.6 cm³/mol. The van der Waals surface area contributed by atoms with Crippen molar-refractivity contribution in [2.24, 2.45) is 10.3 Å². The Labute approximate surface area is 82.6 Å². The Kier molecular flexibility index (Phi) is 3.87. The maximum absolute atomic E-state index is 11.9. The van der Waals surface area contributed by atoms with Gasteiger partial charge < -0.3 is 10.4 Å². The summed E-state index contributed by atoms with van der Waals surface area (Å²) in [6.07, 6.45) is -11.3. The van der Waals surface area contributed by atoms with Gasteiger partial charge in [-0.15, -0.1) is 0 Å². The zero-order chi connectivity index (χ0) is 13.1. The molecule has 16 heavy (non-hydrogen) atoms. The Balaban J connectivity index is 5.43. The normalized spacial score (nSPS) is 15.1. The van der Waals surface area contributed by atoms with Crippen LogP contribution in [-0.4, -0.2) is 40.0 Å². The van der Waals surface area contributed by atoms with E-state index >= 15 is 0 Å². The van der Waals surface area contributed by atoms with Gasteiger partial charge in [0.05, 0.1) is 0 Å². The lowest BCUT2D eigenvalue weighted by Crippen LogP contribution is -2.42. The molecule has 0 heterocycles. The van der Waals surface area contributed by atoms with Gasteiger partial charge in [-0.05, 0) is 0 Å². The Morgan fingerprint density at radius 2 is 1.31 bits per heavy atom. The zero-order valence-electron chi connectivity index (χ0n) is 6.96. The largest absolute Gasteiger partial charge is 0.456 e. The molecule has 0 saturated heterocycles. The minimum Gasteiger partial charge on any atom is -0.410 e. The van der Waals surface area contributed by atoms with E-state index in [1.54, 1.807) is 0 Å². The van der Waals surface area contributed by atoms with Gasteiger partial charge in [0, 0.05) is 0 Å². The highest BCUT2D eigenvalue weighted by Gasteiger charge is 2.51. The molecular formula is C5H2F6N2O3. The zero-order valence-corrected chi connectivity index (χ0v) is 6.96. The molecular weight excluding hydrogens is 250 g/mol. The van der Waals surface area contributed by atoms with Crippen molar-refractivity contribution >= 4 is 17.2 Å². The van der Waals surface area contributed by atoms with E-state index < -0.39 is 29.6 Å². The second kappa shape index (κ2) is 4.37. The summed E-state index contributed by atoms with van der Waals surface area (Å²) in [5, 5.41) is 18.7. The number of Topliss-reactive ketones (excluding diaryl/α,β-unsaturated/α-hetero) is 1. The van der Waals surface area contributed by atoms with Gasteiger partial charge in [0.15, 0.2) is 5.71 Å². The first-order valence-electron chi connectivity index (χ1n) is 3.19. The summed E-state index contributed by atoms with van der Waals surface area (Å²) >= 11 is 0. The number of alkyl halides is 6. The second-order valence-electron chi connectivity index (χ2n) is 2.22. The summed E-state index contributed by atoms with van der Waals surface area (Å²) in [7, 11) is 0. The van der Waals surface area contributed by atoms with E-state index in [1.807, 2.05) is 0 Å². The van der Waals surface area contributed by atoms with Crippen molar-refractivity contribution in [1.29, 1.82) is 0 Å². The third-order valence-corrected chi connectivity index (χ3v) is 1.17. The van der Waals surface area contributed by atoms with Gasteiger partial charge >= 0.3 is 12.4 Å². The number of oxime groups is 2. The van der Waals surface area contributed by atoms with Crippen LogP contribution in [0.4, 0.5) is 26.3 Å². The van der Waals surface area contributed by atoms with Gasteiger partial charge in [0.25, 0.3) is 5.78 Å². The van der Waals surface area contributed by atoms with Gasteiger partial charge in [-0.25, -0.2) is 0 Å². The summed E-state index contributed by atoms with van der Waals surface area (Å²) in [6, 6.07) is 0. The lowest BCUT2D eigenvalue weighted by Gasteiger charge is -2.10. The molecule has 0 aliphatic heterocycles. The quantitative estimate of drug-likeness (QED) is 0.336. The summed E-state index contributed by atoms with van der Waals surface area (Å²) in [5.41, 5.74) is -5.08. The van der Waals surface area contributed by atoms with Gasteiger partial charge in [-0.1, -0.05) is 10.3 Å². The Bertz CT molecular complexity index is 341. The van der Waals surface area contributed by atoms with Crippen LogP contribution in [0.1, 0.15) is 0 Å². The minimum absolute atomic E-state index is 1.45. The fourth-order valence-electron chi connectivity index (χ4n) is 0.573. The molecule has 11 heteroatoms. The third kappa shape index (κ3) is 3.10. The average Bonchev–Trinajstić information content (AvgIpc) is 2.09. The number of carbonyl (C=O) groups excluding carboxylic acids is 1. The molecule has 0 fully saturated rings. The van der Waals surface area contributed by atoms with Crippen LogP contribution < -0.4 is 0 Å². The molecule has 0 bridgehead atoms. The van der Waals surface area contributed by atoms with E-state index in [1.165, 1.54) is 10.3 Å². The summed E-state index contributed by atoms with van der Waals surface area (Å²) in [5.74, 6) is -3.08. The number of rotatable bonds is 2. The summed E-state index contributed by atoms with van der Waals surface area (Å²) < 4.78 is 70.9. The average molecular weight is 252 g/mol. The van der Waals surface area contributed by atoms with Crippen LogP contribution >= 0.6 is 0 Å². The van der Waals surface area contributed by atoms with Crippen molar-refractivity contribution in [2.45, 2.75) is 12.4 Å². The standard InChI is InChI=1S/C5H2F6N2O3/c6-4(7,8)2(13-16)1(12-15)3(14)5(9,10)11/h15-16H. The van der Waals surface area contributed by atoms with Crippen LogP contribution in [0, 0.1) is 0 Å². The molecule has 0 aromatic rings. The Morgan fingerprint density at radius 3 is 1.50 bits per heavy atom. The highest BCUT2D eigenvalue weighted by molar-refractivity contribution is 6.69. The minimum atomic E-state index is -5.69. The molecule has 0 aromatic heterocycles. The van der Waals surface area contributed by atoms with Gasteiger partial charge in [-0.3, -0.25) is 4.79 Å². The topological polar surface area (TPSA) is 82.2 Å². The van der Waals surface area contributed by atoms with E-state index in [2.05, 4.69) is 0 Å². The number of carbonyl (C=O) groups is 1. The summed E-state index contributed by atoms with van der Waals surface area (Å²) in [4.78, 5) is 10.3. The van der Waals surface area contributed by atoms with Crippen molar-refractivity contribution in [1.82, 2.24) is 0 Å². The van der Waals surface area contributed by atoms with Crippen LogP contribution in [0.25, 0.3) is 0 Å². The molecule has 0 aromatic carbocycles. The van der Waals surface area contributed by atoms with Crippen molar-refractivity contribution < 1.29 is 41.6 Å². The Morgan fingerprint density at radius 1 is 0.875 bits per heavy atom. The Hall–Kier alpha value is -1.81. The third-order valence-electron chi connectivity index (χ3n) is 1.17. The van der Waals surface area contributed by atoms with Crippen LogP contribution in [-0.2, 0) is 4.79 Å². The number of ketones is 1. The molecule has 0 radical (unpaired) electrons. The second-order valence-corrected chi connectivity index (χ2v) is 2.22. The first kappa shape index (κ1) is 14.2. The predicted octanol–water partition coefficient (Wildman–Crippen LogP) is 1.34. The lowest BCUT2D eigenvalue weighted by molar-refractivity contribution is -0.163. The number of hydrogen-bond acceptors (Lipinski definition) is 5. The molecule has 0 aliphatic rings.